The van der Waals surface area contributed by atoms with Crippen LogP contribution < -0.4 is 19.8 Å². The van der Waals surface area contributed by atoms with E-state index in [9.17, 15) is 9.59 Å². The number of thiazole rings is 1. The molecule has 166 valence electrons. The molecule has 0 N–H and O–H groups in total. The van der Waals surface area contributed by atoms with Crippen molar-refractivity contribution in [2.24, 2.45) is 4.99 Å². The van der Waals surface area contributed by atoms with Gasteiger partial charge in [0.2, 0.25) is 0 Å². The van der Waals surface area contributed by atoms with Gasteiger partial charge in [0.05, 0.1) is 28.5 Å². The van der Waals surface area contributed by atoms with Gasteiger partial charge < -0.3 is 14.1 Å². The lowest BCUT2D eigenvalue weighted by molar-refractivity contribution is -0.139. The van der Waals surface area contributed by atoms with E-state index in [-0.39, 0.29) is 12.2 Å². The van der Waals surface area contributed by atoms with Crippen LogP contribution in [0.1, 0.15) is 31.2 Å². The van der Waals surface area contributed by atoms with Gasteiger partial charge in [-0.2, -0.15) is 0 Å². The number of halogens is 1. The highest BCUT2D eigenvalue weighted by Crippen LogP contribution is 2.31. The highest BCUT2D eigenvalue weighted by Gasteiger charge is 2.33. The molecule has 0 bridgehead atoms. The average Bonchev–Trinajstić information content (AvgIpc) is 3.33. The molecule has 0 saturated carbocycles. The predicted molar refractivity (Wildman–Crippen MR) is 125 cm³/mol. The molecule has 4 rings (SSSR count). The van der Waals surface area contributed by atoms with Crippen LogP contribution in [0.15, 0.2) is 61.9 Å². The second-order valence-electron chi connectivity index (χ2n) is 7.42. The zero-order valence-corrected chi connectivity index (χ0v) is 19.7. The van der Waals surface area contributed by atoms with Crippen molar-refractivity contribution >= 4 is 40.9 Å². The first-order valence-corrected chi connectivity index (χ1v) is 11.2. The number of anilines is 1. The molecule has 0 spiro atoms. The largest absolute Gasteiger partial charge is 0.463 e. The summed E-state index contributed by atoms with van der Waals surface area (Å²) in [5.74, 6) is 0.747. The van der Waals surface area contributed by atoms with Crippen LogP contribution in [-0.2, 0) is 9.53 Å². The van der Waals surface area contributed by atoms with E-state index in [1.807, 2.05) is 25.1 Å². The summed E-state index contributed by atoms with van der Waals surface area (Å²) >= 11 is 7.32. The van der Waals surface area contributed by atoms with Gasteiger partial charge in [-0.25, -0.2) is 9.79 Å². The molecule has 3 heterocycles. The number of nitrogens with zero attached hydrogens (tertiary/aromatic N) is 3. The third kappa shape index (κ3) is 4.03. The third-order valence-corrected chi connectivity index (χ3v) is 6.26. The van der Waals surface area contributed by atoms with Crippen LogP contribution in [0.2, 0.25) is 5.02 Å². The second-order valence-corrected chi connectivity index (χ2v) is 8.87. The van der Waals surface area contributed by atoms with Crippen molar-refractivity contribution in [1.82, 2.24) is 4.57 Å². The van der Waals surface area contributed by atoms with Crippen molar-refractivity contribution < 1.29 is 13.9 Å². The summed E-state index contributed by atoms with van der Waals surface area (Å²) in [5.41, 5.74) is 1.34. The Balaban J connectivity index is 1.92. The molecule has 2 aromatic heterocycles. The Morgan fingerprint density at radius 3 is 2.62 bits per heavy atom. The van der Waals surface area contributed by atoms with E-state index >= 15 is 0 Å². The first kappa shape index (κ1) is 22.1. The van der Waals surface area contributed by atoms with E-state index in [0.717, 1.165) is 5.56 Å². The Hall–Kier alpha value is -3.10. The number of benzene rings is 1. The Morgan fingerprint density at radius 2 is 2.00 bits per heavy atom. The molecule has 0 radical (unpaired) electrons. The molecule has 32 heavy (non-hydrogen) atoms. The van der Waals surface area contributed by atoms with Crippen molar-refractivity contribution in [3.8, 4) is 0 Å². The van der Waals surface area contributed by atoms with Crippen LogP contribution in [0, 0.1) is 0 Å². The first-order chi connectivity index (χ1) is 15.3. The average molecular weight is 472 g/mol. The molecule has 7 nitrogen and oxygen atoms in total. The first-order valence-electron chi connectivity index (χ1n) is 10.0. The van der Waals surface area contributed by atoms with Crippen LogP contribution >= 0.6 is 22.9 Å². The summed E-state index contributed by atoms with van der Waals surface area (Å²) in [6.07, 6.45) is 1.69. The van der Waals surface area contributed by atoms with Gasteiger partial charge in [-0.1, -0.05) is 35.1 Å². The van der Waals surface area contributed by atoms with Gasteiger partial charge >= 0.3 is 5.97 Å². The number of hydrogen-bond donors (Lipinski definition) is 0. The number of hydrogen-bond acceptors (Lipinski definition) is 7. The number of fused-ring (bicyclic) bond motifs is 1. The number of aromatic nitrogens is 1. The second kappa shape index (κ2) is 8.80. The fraction of sp³-hybridized carbons (Fsp3) is 0.261. The van der Waals surface area contributed by atoms with Crippen LogP contribution in [-0.4, -0.2) is 31.2 Å². The maximum atomic E-state index is 13.5. The Kier molecular flexibility index (Phi) is 6.08. The van der Waals surface area contributed by atoms with Crippen LogP contribution in [0.5, 0.6) is 0 Å². The van der Waals surface area contributed by atoms with Gasteiger partial charge in [-0.05, 0) is 37.6 Å². The lowest BCUT2D eigenvalue weighted by atomic mass is 9.96. The number of carbonyl (C=O) groups is 1. The fourth-order valence-electron chi connectivity index (χ4n) is 3.54. The molecule has 0 fully saturated rings. The van der Waals surface area contributed by atoms with Crippen molar-refractivity contribution in [2.45, 2.75) is 19.9 Å². The third-order valence-electron chi connectivity index (χ3n) is 5.03. The van der Waals surface area contributed by atoms with Gasteiger partial charge in [0.15, 0.2) is 10.7 Å². The molecule has 0 amide bonds. The number of ether oxygens (including phenoxy) is 1. The Bertz CT molecular complexity index is 1380. The summed E-state index contributed by atoms with van der Waals surface area (Å²) in [5, 5.41) is 0.564. The van der Waals surface area contributed by atoms with Gasteiger partial charge in [-0.15, -0.1) is 0 Å². The lowest BCUT2D eigenvalue weighted by Crippen LogP contribution is -2.39. The quantitative estimate of drug-likeness (QED) is 0.534. The summed E-state index contributed by atoms with van der Waals surface area (Å²) in [6.45, 7) is 3.72. The van der Waals surface area contributed by atoms with E-state index in [0.29, 0.717) is 37.3 Å². The molecule has 1 aliphatic heterocycles. The molecular weight excluding hydrogens is 450 g/mol. The van der Waals surface area contributed by atoms with E-state index in [1.165, 1.54) is 15.9 Å². The molecule has 1 aromatic carbocycles. The van der Waals surface area contributed by atoms with Crippen molar-refractivity contribution in [3.05, 3.63) is 83.7 Å². The Morgan fingerprint density at radius 1 is 1.28 bits per heavy atom. The standard InChI is InChI=1S/C23H22ClN3O4S/c1-5-30-22(29)19-13(2)25-23-27(20(19)14-6-8-15(24)9-7-14)21(28)17(32-23)12-16-10-11-18(31-16)26(3)4/h6-12,20H,5H2,1-4H3/b17-12-/t20-/m1/s1. The van der Waals surface area contributed by atoms with Crippen molar-refractivity contribution in [3.63, 3.8) is 0 Å². The maximum Gasteiger partial charge on any atom is 0.338 e. The summed E-state index contributed by atoms with van der Waals surface area (Å²) in [7, 11) is 3.75. The molecule has 0 unspecified atom stereocenters. The highest BCUT2D eigenvalue weighted by molar-refractivity contribution is 7.07. The smallest absolute Gasteiger partial charge is 0.338 e. The summed E-state index contributed by atoms with van der Waals surface area (Å²) in [4.78, 5) is 33.2. The van der Waals surface area contributed by atoms with Gasteiger partial charge in [0, 0.05) is 31.3 Å². The van der Waals surface area contributed by atoms with Crippen LogP contribution in [0.25, 0.3) is 6.08 Å². The minimum atomic E-state index is -0.668. The van der Waals surface area contributed by atoms with E-state index in [1.54, 1.807) is 50.3 Å². The highest BCUT2D eigenvalue weighted by atomic mass is 35.5. The summed E-state index contributed by atoms with van der Waals surface area (Å²) in [6, 6.07) is 10.0. The molecule has 3 aromatic rings. The molecule has 0 saturated heterocycles. The SMILES string of the molecule is CCOC(=O)C1=C(C)N=c2s/c(=C\c3ccc(N(C)C)o3)c(=O)n2[C@@H]1c1ccc(Cl)cc1. The number of allylic oxidation sites excluding steroid dienone is 1. The fourth-order valence-corrected chi connectivity index (χ4v) is 4.69. The number of furan rings is 1. The molecular formula is C23H22ClN3O4S. The minimum absolute atomic E-state index is 0.222. The maximum absolute atomic E-state index is 13.5. The molecule has 1 aliphatic rings. The Labute approximate surface area is 193 Å². The molecule has 1 atom stereocenters. The number of esters is 1. The minimum Gasteiger partial charge on any atom is -0.463 e. The van der Waals surface area contributed by atoms with E-state index in [4.69, 9.17) is 20.8 Å². The summed E-state index contributed by atoms with van der Waals surface area (Å²) < 4.78 is 13.1. The van der Waals surface area contributed by atoms with Gasteiger partial charge in [0.1, 0.15) is 5.76 Å². The zero-order valence-electron chi connectivity index (χ0n) is 18.1. The van der Waals surface area contributed by atoms with Crippen molar-refractivity contribution in [1.29, 1.82) is 0 Å². The van der Waals surface area contributed by atoms with E-state index in [2.05, 4.69) is 4.99 Å². The number of rotatable bonds is 5. The lowest BCUT2D eigenvalue weighted by Gasteiger charge is -2.24. The van der Waals surface area contributed by atoms with Crippen LogP contribution in [0.3, 0.4) is 0 Å². The van der Waals surface area contributed by atoms with E-state index < -0.39 is 12.0 Å². The van der Waals surface area contributed by atoms with Gasteiger partial charge in [-0.3, -0.25) is 9.36 Å². The molecule has 0 aliphatic carbocycles. The monoisotopic (exact) mass is 471 g/mol. The molecule has 9 heteroatoms. The predicted octanol–water partition coefficient (Wildman–Crippen LogP) is 3.11. The van der Waals surface area contributed by atoms with Crippen molar-refractivity contribution in [2.75, 3.05) is 25.6 Å². The van der Waals surface area contributed by atoms with Gasteiger partial charge in [0.25, 0.3) is 5.56 Å². The number of carbonyl (C=O) groups excluding carboxylic acids is 1. The topological polar surface area (TPSA) is 77.0 Å². The zero-order chi connectivity index (χ0) is 23.0. The van der Waals surface area contributed by atoms with Crippen LogP contribution in [0.4, 0.5) is 5.88 Å². The normalized spacial score (nSPS) is 16.0.